The highest BCUT2D eigenvalue weighted by atomic mass is 19.1. The van der Waals surface area contributed by atoms with Crippen LogP contribution in [0.2, 0.25) is 0 Å². The van der Waals surface area contributed by atoms with Crippen molar-refractivity contribution in [2.75, 3.05) is 6.61 Å². The molecule has 0 spiro atoms. The number of benzene rings is 1. The zero-order valence-electron chi connectivity index (χ0n) is 11.3. The normalized spacial score (nSPS) is 18.2. The van der Waals surface area contributed by atoms with Crippen LogP contribution in [0.1, 0.15) is 30.3 Å². The van der Waals surface area contributed by atoms with Gasteiger partial charge in [0.25, 0.3) is 0 Å². The molecule has 0 unspecified atom stereocenters. The van der Waals surface area contributed by atoms with Crippen molar-refractivity contribution in [1.29, 1.82) is 0 Å². The first kappa shape index (κ1) is 13.1. The number of hydrogen-bond donors (Lipinski definition) is 1. The second-order valence-corrected chi connectivity index (χ2v) is 4.91. The summed E-state index contributed by atoms with van der Waals surface area (Å²) >= 11 is 0. The third kappa shape index (κ3) is 2.65. The summed E-state index contributed by atoms with van der Waals surface area (Å²) in [7, 11) is 1.86. The van der Waals surface area contributed by atoms with Gasteiger partial charge in [-0.2, -0.15) is 5.10 Å². The van der Waals surface area contributed by atoms with Gasteiger partial charge in [-0.25, -0.2) is 9.37 Å². The lowest BCUT2D eigenvalue weighted by molar-refractivity contribution is 0.313. The van der Waals surface area contributed by atoms with E-state index in [-0.39, 0.29) is 11.9 Å². The number of aromatic nitrogens is 3. The summed E-state index contributed by atoms with van der Waals surface area (Å²) < 4.78 is 20.6. The number of fused-ring (bicyclic) bond motifs is 1. The third-order valence-electron chi connectivity index (χ3n) is 3.56. The van der Waals surface area contributed by atoms with E-state index in [1.165, 1.54) is 18.5 Å². The smallest absolute Gasteiger partial charge is 0.140 e. The molecule has 6 heteroatoms. The monoisotopic (exact) mass is 276 g/mol. The molecule has 1 aliphatic heterocycles. The number of halogens is 1. The first-order valence-corrected chi connectivity index (χ1v) is 6.72. The van der Waals surface area contributed by atoms with Crippen molar-refractivity contribution in [3.63, 3.8) is 0 Å². The van der Waals surface area contributed by atoms with Crippen LogP contribution in [0, 0.1) is 5.82 Å². The molecule has 1 aromatic carbocycles. The van der Waals surface area contributed by atoms with Crippen molar-refractivity contribution in [1.82, 2.24) is 20.1 Å². The molecule has 0 amide bonds. The summed E-state index contributed by atoms with van der Waals surface area (Å²) in [4.78, 5) is 4.19. The van der Waals surface area contributed by atoms with E-state index in [1.54, 1.807) is 10.7 Å². The number of rotatable bonds is 3. The van der Waals surface area contributed by atoms with Crippen LogP contribution in [0.4, 0.5) is 4.39 Å². The molecule has 1 aromatic heterocycles. The molecule has 2 aromatic rings. The van der Waals surface area contributed by atoms with E-state index in [2.05, 4.69) is 15.4 Å². The Balaban J connectivity index is 1.78. The lowest BCUT2D eigenvalue weighted by atomic mass is 10.0. The van der Waals surface area contributed by atoms with Crippen molar-refractivity contribution >= 4 is 0 Å². The number of ether oxygens (including phenoxy) is 1. The van der Waals surface area contributed by atoms with Crippen LogP contribution in [0.3, 0.4) is 0 Å². The topological polar surface area (TPSA) is 52.0 Å². The summed E-state index contributed by atoms with van der Waals surface area (Å²) in [5, 5.41) is 7.50. The maximum atomic E-state index is 13.3. The summed E-state index contributed by atoms with van der Waals surface area (Å²) in [6, 6.07) is 4.87. The van der Waals surface area contributed by atoms with Gasteiger partial charge in [0.05, 0.1) is 13.2 Å². The fraction of sp³-hybridized carbons (Fsp3) is 0.429. The maximum absolute atomic E-state index is 13.3. The number of nitrogens with zero attached hydrogens (tertiary/aromatic N) is 3. The van der Waals surface area contributed by atoms with Gasteiger partial charge >= 0.3 is 0 Å². The largest absolute Gasteiger partial charge is 0.493 e. The van der Waals surface area contributed by atoms with E-state index in [9.17, 15) is 4.39 Å². The van der Waals surface area contributed by atoms with Crippen LogP contribution in [-0.4, -0.2) is 21.4 Å². The Bertz CT molecular complexity index is 599. The molecule has 3 rings (SSSR count). The van der Waals surface area contributed by atoms with E-state index in [0.717, 1.165) is 24.2 Å². The Morgan fingerprint density at radius 3 is 3.20 bits per heavy atom. The highest BCUT2D eigenvalue weighted by molar-refractivity contribution is 5.37. The zero-order valence-corrected chi connectivity index (χ0v) is 11.3. The molecular formula is C14H17FN4O. The first-order valence-electron chi connectivity index (χ1n) is 6.72. The van der Waals surface area contributed by atoms with E-state index in [1.807, 2.05) is 7.05 Å². The van der Waals surface area contributed by atoms with Gasteiger partial charge in [0.1, 0.15) is 23.7 Å². The molecule has 0 saturated heterocycles. The van der Waals surface area contributed by atoms with Crippen LogP contribution in [0.5, 0.6) is 5.75 Å². The van der Waals surface area contributed by atoms with Gasteiger partial charge in [0.15, 0.2) is 0 Å². The quantitative estimate of drug-likeness (QED) is 0.931. The predicted octanol–water partition coefficient (Wildman–Crippen LogP) is 1.96. The Kier molecular flexibility index (Phi) is 3.64. The summed E-state index contributed by atoms with van der Waals surface area (Å²) in [6.07, 6.45) is 3.43. The van der Waals surface area contributed by atoms with Crippen molar-refractivity contribution in [2.45, 2.75) is 25.4 Å². The number of nitrogens with one attached hydrogen (secondary N) is 1. The Morgan fingerprint density at radius 1 is 1.50 bits per heavy atom. The molecule has 0 fully saturated rings. The lowest BCUT2D eigenvalue weighted by Crippen LogP contribution is -2.22. The fourth-order valence-corrected chi connectivity index (χ4v) is 2.45. The van der Waals surface area contributed by atoms with Gasteiger partial charge in [0, 0.05) is 24.7 Å². The molecule has 0 bridgehead atoms. The first-order chi connectivity index (χ1) is 9.74. The molecule has 2 heterocycles. The van der Waals surface area contributed by atoms with Gasteiger partial charge in [0.2, 0.25) is 0 Å². The molecule has 1 atom stereocenters. The van der Waals surface area contributed by atoms with Crippen molar-refractivity contribution in [3.05, 3.63) is 41.7 Å². The van der Waals surface area contributed by atoms with Gasteiger partial charge in [-0.05, 0) is 18.9 Å². The van der Waals surface area contributed by atoms with Gasteiger partial charge in [-0.15, -0.1) is 0 Å². The molecule has 106 valence electrons. The van der Waals surface area contributed by atoms with Gasteiger partial charge in [-0.3, -0.25) is 4.68 Å². The summed E-state index contributed by atoms with van der Waals surface area (Å²) in [5.74, 6) is 1.24. The predicted molar refractivity (Wildman–Crippen MR) is 71.7 cm³/mol. The van der Waals surface area contributed by atoms with Gasteiger partial charge in [-0.1, -0.05) is 6.07 Å². The van der Waals surface area contributed by atoms with E-state index in [0.29, 0.717) is 18.9 Å². The second-order valence-electron chi connectivity index (χ2n) is 4.91. The highest BCUT2D eigenvalue weighted by Crippen LogP contribution is 2.32. The Hall–Kier alpha value is -1.95. The molecule has 20 heavy (non-hydrogen) atoms. The second kappa shape index (κ2) is 5.58. The summed E-state index contributed by atoms with van der Waals surface area (Å²) in [5.41, 5.74) is 1.01. The minimum atomic E-state index is -0.266. The SMILES string of the molecule is Cn1ncnc1CN[C@@H]1CCCOc2cc(F)ccc21. The van der Waals surface area contributed by atoms with Crippen LogP contribution in [0.25, 0.3) is 0 Å². The minimum Gasteiger partial charge on any atom is -0.493 e. The summed E-state index contributed by atoms with van der Waals surface area (Å²) in [6.45, 7) is 1.25. The Labute approximate surface area is 116 Å². The van der Waals surface area contributed by atoms with Crippen LogP contribution >= 0.6 is 0 Å². The van der Waals surface area contributed by atoms with E-state index < -0.39 is 0 Å². The standard InChI is InChI=1S/C14H17FN4O/c1-19-14(17-9-18-19)8-16-12-3-2-6-20-13-7-10(15)4-5-11(12)13/h4-5,7,9,12,16H,2-3,6,8H2,1H3/t12-/m1/s1. The van der Waals surface area contributed by atoms with Gasteiger partial charge < -0.3 is 10.1 Å². The Morgan fingerprint density at radius 2 is 2.40 bits per heavy atom. The van der Waals surface area contributed by atoms with Crippen LogP contribution < -0.4 is 10.1 Å². The fourth-order valence-electron chi connectivity index (χ4n) is 2.45. The van der Waals surface area contributed by atoms with Crippen molar-refractivity contribution in [2.24, 2.45) is 7.05 Å². The van der Waals surface area contributed by atoms with Crippen molar-refractivity contribution in [3.8, 4) is 5.75 Å². The van der Waals surface area contributed by atoms with E-state index >= 15 is 0 Å². The molecule has 5 nitrogen and oxygen atoms in total. The zero-order chi connectivity index (χ0) is 13.9. The molecular weight excluding hydrogens is 259 g/mol. The lowest BCUT2D eigenvalue weighted by Gasteiger charge is -2.18. The average Bonchev–Trinajstić information content (AvgIpc) is 2.73. The molecule has 0 radical (unpaired) electrons. The van der Waals surface area contributed by atoms with Crippen molar-refractivity contribution < 1.29 is 9.13 Å². The maximum Gasteiger partial charge on any atom is 0.140 e. The molecule has 1 N–H and O–H groups in total. The number of hydrogen-bond acceptors (Lipinski definition) is 4. The van der Waals surface area contributed by atoms with Crippen LogP contribution in [0.15, 0.2) is 24.5 Å². The third-order valence-corrected chi connectivity index (χ3v) is 3.56. The number of aryl methyl sites for hydroxylation is 1. The average molecular weight is 276 g/mol. The van der Waals surface area contributed by atoms with E-state index in [4.69, 9.17) is 4.74 Å². The molecule has 0 saturated carbocycles. The molecule has 1 aliphatic rings. The highest BCUT2D eigenvalue weighted by Gasteiger charge is 2.20. The minimum absolute atomic E-state index is 0.143. The molecule has 0 aliphatic carbocycles. The van der Waals surface area contributed by atoms with Crippen LogP contribution in [-0.2, 0) is 13.6 Å².